The minimum absolute atomic E-state index is 0.102. The molecule has 0 aliphatic heterocycles. The molecule has 0 aromatic carbocycles. The van der Waals surface area contributed by atoms with Gasteiger partial charge in [0.05, 0.1) is 5.41 Å². The van der Waals surface area contributed by atoms with Gasteiger partial charge in [0.2, 0.25) is 5.91 Å². The van der Waals surface area contributed by atoms with Crippen molar-refractivity contribution in [3.63, 3.8) is 0 Å². The highest BCUT2D eigenvalue weighted by Gasteiger charge is 2.41. The van der Waals surface area contributed by atoms with E-state index in [0.717, 1.165) is 25.7 Å². The van der Waals surface area contributed by atoms with E-state index >= 15 is 0 Å². The fraction of sp³-hybridized carbons (Fsp3) is 0.786. The molecule has 2 aliphatic carbocycles. The Balaban J connectivity index is 1.75. The number of carboxylic acid groups (broad SMARTS) is 1. The molecule has 7 heteroatoms. The van der Waals surface area contributed by atoms with Gasteiger partial charge in [-0.2, -0.15) is 0 Å². The highest BCUT2D eigenvalue weighted by Crippen LogP contribution is 2.37. The molecule has 2 saturated carbocycles. The monoisotopic (exact) mass is 297 g/mol. The first-order chi connectivity index (χ1) is 9.93. The summed E-state index contributed by atoms with van der Waals surface area (Å²) in [6.45, 7) is 1.71. The second-order valence-corrected chi connectivity index (χ2v) is 6.12. The van der Waals surface area contributed by atoms with Crippen LogP contribution < -0.4 is 16.0 Å². The minimum atomic E-state index is -0.861. The van der Waals surface area contributed by atoms with Crippen LogP contribution in [0.15, 0.2) is 0 Å². The van der Waals surface area contributed by atoms with Crippen LogP contribution in [0.2, 0.25) is 0 Å². The smallest absolute Gasteiger partial charge is 0.315 e. The molecule has 0 bridgehead atoms. The molecule has 1 atom stereocenters. The van der Waals surface area contributed by atoms with Gasteiger partial charge in [0.1, 0.15) is 6.04 Å². The van der Waals surface area contributed by atoms with Crippen molar-refractivity contribution in [3.8, 4) is 0 Å². The average molecular weight is 297 g/mol. The number of hydrogen-bond donors (Lipinski definition) is 4. The lowest BCUT2D eigenvalue weighted by molar-refractivity contribution is -0.148. The molecule has 0 heterocycles. The van der Waals surface area contributed by atoms with Crippen molar-refractivity contribution >= 4 is 17.9 Å². The van der Waals surface area contributed by atoms with Crippen molar-refractivity contribution in [1.29, 1.82) is 0 Å². The summed E-state index contributed by atoms with van der Waals surface area (Å²) in [6.07, 6.45) is 4.89. The summed E-state index contributed by atoms with van der Waals surface area (Å²) in [4.78, 5) is 34.9. The molecule has 0 radical (unpaired) electrons. The summed E-state index contributed by atoms with van der Waals surface area (Å²) in [5, 5.41) is 17.3. The molecular formula is C14H23N3O4. The van der Waals surface area contributed by atoms with E-state index in [4.69, 9.17) is 0 Å². The van der Waals surface area contributed by atoms with Crippen LogP contribution in [0.25, 0.3) is 0 Å². The Kier molecular flexibility index (Phi) is 4.69. The number of urea groups is 1. The number of carboxylic acids is 1. The molecule has 0 saturated heterocycles. The number of rotatable bonds is 6. The lowest BCUT2D eigenvalue weighted by Crippen LogP contribution is -2.51. The van der Waals surface area contributed by atoms with Crippen molar-refractivity contribution in [1.82, 2.24) is 16.0 Å². The molecule has 2 aliphatic rings. The molecule has 3 amide bonds. The van der Waals surface area contributed by atoms with Crippen LogP contribution in [0, 0.1) is 5.41 Å². The highest BCUT2D eigenvalue weighted by molar-refractivity contribution is 5.87. The normalized spacial score (nSPS) is 21.4. The summed E-state index contributed by atoms with van der Waals surface area (Å²) in [5.74, 6) is -1.07. The van der Waals surface area contributed by atoms with Gasteiger partial charge >= 0.3 is 12.0 Å². The van der Waals surface area contributed by atoms with Crippen LogP contribution in [-0.2, 0) is 9.59 Å². The molecule has 21 heavy (non-hydrogen) atoms. The third kappa shape index (κ3) is 4.09. The number of carbonyl (C=O) groups is 3. The maximum atomic E-state index is 11.8. The van der Waals surface area contributed by atoms with Crippen LogP contribution in [-0.4, -0.2) is 41.6 Å². The van der Waals surface area contributed by atoms with E-state index in [-0.39, 0.29) is 18.5 Å². The van der Waals surface area contributed by atoms with Gasteiger partial charge in [0.15, 0.2) is 0 Å². The third-order valence-electron chi connectivity index (χ3n) is 4.27. The second-order valence-electron chi connectivity index (χ2n) is 6.12. The molecule has 0 aromatic rings. The average Bonchev–Trinajstić information content (AvgIpc) is 3.10. The van der Waals surface area contributed by atoms with Crippen LogP contribution >= 0.6 is 0 Å². The van der Waals surface area contributed by atoms with E-state index in [1.54, 1.807) is 6.92 Å². The van der Waals surface area contributed by atoms with E-state index in [2.05, 4.69) is 16.0 Å². The van der Waals surface area contributed by atoms with Crippen molar-refractivity contribution in [2.24, 2.45) is 5.41 Å². The molecule has 118 valence electrons. The van der Waals surface area contributed by atoms with Crippen molar-refractivity contribution in [2.75, 3.05) is 6.54 Å². The fourth-order valence-corrected chi connectivity index (χ4v) is 2.63. The van der Waals surface area contributed by atoms with E-state index in [9.17, 15) is 19.5 Å². The molecule has 0 aromatic heterocycles. The molecule has 0 spiro atoms. The predicted molar refractivity (Wildman–Crippen MR) is 75.7 cm³/mol. The van der Waals surface area contributed by atoms with Gasteiger partial charge in [0.25, 0.3) is 0 Å². The number of nitrogens with one attached hydrogen (secondary N) is 3. The summed E-state index contributed by atoms with van der Waals surface area (Å²) in [5.41, 5.74) is -0.850. The number of carbonyl (C=O) groups excluding carboxylic acids is 2. The van der Waals surface area contributed by atoms with E-state index in [1.807, 2.05) is 0 Å². The first-order valence-corrected chi connectivity index (χ1v) is 7.51. The Hall–Kier alpha value is -1.79. The van der Waals surface area contributed by atoms with Gasteiger partial charge in [-0.05, 0) is 32.6 Å². The van der Waals surface area contributed by atoms with Crippen LogP contribution in [0.5, 0.6) is 0 Å². The summed E-state index contributed by atoms with van der Waals surface area (Å²) in [7, 11) is 0. The zero-order valence-corrected chi connectivity index (χ0v) is 12.3. The van der Waals surface area contributed by atoms with Gasteiger partial charge in [-0.25, -0.2) is 4.79 Å². The van der Waals surface area contributed by atoms with Gasteiger partial charge in [-0.3, -0.25) is 9.59 Å². The SMILES string of the molecule is CC(NC(=O)NCC1(C(=O)O)CCCC1)C(=O)NC1CC1. The Labute approximate surface area is 123 Å². The van der Waals surface area contributed by atoms with Crippen LogP contribution in [0.4, 0.5) is 4.79 Å². The summed E-state index contributed by atoms with van der Waals surface area (Å²) >= 11 is 0. The van der Waals surface area contributed by atoms with Gasteiger partial charge in [-0.1, -0.05) is 12.8 Å². The first-order valence-electron chi connectivity index (χ1n) is 7.51. The third-order valence-corrected chi connectivity index (χ3v) is 4.27. The predicted octanol–water partition coefficient (Wildman–Crippen LogP) is 0.598. The molecule has 2 fully saturated rings. The minimum Gasteiger partial charge on any atom is -0.481 e. The zero-order chi connectivity index (χ0) is 15.5. The van der Waals surface area contributed by atoms with Crippen molar-refractivity contribution < 1.29 is 19.5 Å². The quantitative estimate of drug-likeness (QED) is 0.575. The Bertz CT molecular complexity index is 428. The summed E-state index contributed by atoms with van der Waals surface area (Å²) < 4.78 is 0. The maximum absolute atomic E-state index is 11.8. The Morgan fingerprint density at radius 1 is 1.24 bits per heavy atom. The molecule has 2 rings (SSSR count). The van der Waals surface area contributed by atoms with Gasteiger partial charge < -0.3 is 21.1 Å². The lowest BCUT2D eigenvalue weighted by Gasteiger charge is -2.24. The fourth-order valence-electron chi connectivity index (χ4n) is 2.63. The Morgan fingerprint density at radius 3 is 2.38 bits per heavy atom. The van der Waals surface area contributed by atoms with Crippen molar-refractivity contribution in [3.05, 3.63) is 0 Å². The molecule has 4 N–H and O–H groups in total. The largest absolute Gasteiger partial charge is 0.481 e. The van der Waals surface area contributed by atoms with E-state index in [0.29, 0.717) is 12.8 Å². The Morgan fingerprint density at radius 2 is 1.86 bits per heavy atom. The zero-order valence-electron chi connectivity index (χ0n) is 12.3. The first kappa shape index (κ1) is 15.6. The van der Waals surface area contributed by atoms with Gasteiger partial charge in [-0.15, -0.1) is 0 Å². The van der Waals surface area contributed by atoms with E-state index < -0.39 is 23.5 Å². The van der Waals surface area contributed by atoms with E-state index in [1.165, 1.54) is 0 Å². The summed E-state index contributed by atoms with van der Waals surface area (Å²) in [6, 6.07) is -0.880. The van der Waals surface area contributed by atoms with Crippen molar-refractivity contribution in [2.45, 2.75) is 57.5 Å². The second kappa shape index (κ2) is 6.32. The number of hydrogen-bond acceptors (Lipinski definition) is 3. The standard InChI is InChI=1S/C14H23N3O4/c1-9(11(18)17-10-4-5-10)16-13(21)15-8-14(12(19)20)6-2-3-7-14/h9-10H,2-8H2,1H3,(H,17,18)(H,19,20)(H2,15,16,21). The molecule has 7 nitrogen and oxygen atoms in total. The topological polar surface area (TPSA) is 108 Å². The molecule has 1 unspecified atom stereocenters. The number of aliphatic carboxylic acids is 1. The highest BCUT2D eigenvalue weighted by atomic mass is 16.4. The maximum Gasteiger partial charge on any atom is 0.315 e. The van der Waals surface area contributed by atoms with Gasteiger partial charge in [0, 0.05) is 12.6 Å². The number of amides is 3. The molecular weight excluding hydrogens is 274 g/mol. The van der Waals surface area contributed by atoms with Crippen LogP contribution in [0.1, 0.15) is 45.4 Å². The van der Waals surface area contributed by atoms with Crippen LogP contribution in [0.3, 0.4) is 0 Å². The lowest BCUT2D eigenvalue weighted by atomic mass is 9.86.